The summed E-state index contributed by atoms with van der Waals surface area (Å²) < 4.78 is 14.1. The van der Waals surface area contributed by atoms with Crippen LogP contribution in [0.5, 0.6) is 11.5 Å². The number of fused-ring (bicyclic) bond motifs is 1. The Morgan fingerprint density at radius 3 is 2.33 bits per heavy atom. The largest absolute Gasteiger partial charge is 0.497 e. The molecule has 2 aromatic carbocycles. The summed E-state index contributed by atoms with van der Waals surface area (Å²) in [6.07, 6.45) is 2.12. The lowest BCUT2D eigenvalue weighted by Gasteiger charge is -2.08. The molecule has 3 nitrogen and oxygen atoms in total. The SMILES string of the molecule is COc1cc(OC)c2c(-c3ccc(Br)cc3)cn(C)c2c1. The van der Waals surface area contributed by atoms with Gasteiger partial charge in [0.1, 0.15) is 11.5 Å². The first-order chi connectivity index (χ1) is 10.1. The summed E-state index contributed by atoms with van der Waals surface area (Å²) in [6, 6.07) is 12.2. The highest BCUT2D eigenvalue weighted by molar-refractivity contribution is 9.10. The molecule has 0 unspecified atom stereocenters. The molecule has 0 bridgehead atoms. The summed E-state index contributed by atoms with van der Waals surface area (Å²) in [5.74, 6) is 1.62. The van der Waals surface area contributed by atoms with Gasteiger partial charge >= 0.3 is 0 Å². The van der Waals surface area contributed by atoms with Crippen LogP contribution in [0.2, 0.25) is 0 Å². The van der Waals surface area contributed by atoms with Crippen LogP contribution in [0.4, 0.5) is 0 Å². The molecule has 0 amide bonds. The van der Waals surface area contributed by atoms with Gasteiger partial charge in [0.25, 0.3) is 0 Å². The van der Waals surface area contributed by atoms with Gasteiger partial charge in [-0.15, -0.1) is 0 Å². The number of benzene rings is 2. The molecule has 0 aliphatic rings. The Kier molecular flexibility index (Phi) is 3.64. The van der Waals surface area contributed by atoms with Crippen molar-refractivity contribution in [3.63, 3.8) is 0 Å². The van der Waals surface area contributed by atoms with Gasteiger partial charge in [-0.1, -0.05) is 28.1 Å². The van der Waals surface area contributed by atoms with Crippen LogP contribution in [0.1, 0.15) is 0 Å². The highest BCUT2D eigenvalue weighted by Gasteiger charge is 2.15. The minimum Gasteiger partial charge on any atom is -0.497 e. The normalized spacial score (nSPS) is 10.9. The van der Waals surface area contributed by atoms with Gasteiger partial charge in [-0.3, -0.25) is 0 Å². The molecule has 0 spiro atoms. The number of aromatic nitrogens is 1. The number of aryl methyl sites for hydroxylation is 1. The molecule has 21 heavy (non-hydrogen) atoms. The smallest absolute Gasteiger partial charge is 0.132 e. The van der Waals surface area contributed by atoms with Crippen molar-refractivity contribution in [3.05, 3.63) is 47.1 Å². The molecule has 0 radical (unpaired) electrons. The number of hydrogen-bond donors (Lipinski definition) is 0. The van der Waals surface area contributed by atoms with Crippen LogP contribution < -0.4 is 9.47 Å². The van der Waals surface area contributed by atoms with Crippen molar-refractivity contribution in [2.75, 3.05) is 14.2 Å². The Hall–Kier alpha value is -1.94. The van der Waals surface area contributed by atoms with Gasteiger partial charge < -0.3 is 14.0 Å². The van der Waals surface area contributed by atoms with Crippen molar-refractivity contribution >= 4 is 26.8 Å². The van der Waals surface area contributed by atoms with E-state index in [1.54, 1.807) is 14.2 Å². The second kappa shape index (κ2) is 5.45. The summed E-state index contributed by atoms with van der Waals surface area (Å²) in [5.41, 5.74) is 3.40. The van der Waals surface area contributed by atoms with Crippen LogP contribution in [0.3, 0.4) is 0 Å². The lowest BCUT2D eigenvalue weighted by Crippen LogP contribution is -1.90. The molecule has 3 rings (SSSR count). The van der Waals surface area contributed by atoms with Gasteiger partial charge in [0, 0.05) is 40.8 Å². The molecule has 0 saturated heterocycles. The zero-order valence-electron chi connectivity index (χ0n) is 12.2. The minimum atomic E-state index is 0.794. The average molecular weight is 346 g/mol. The van der Waals surface area contributed by atoms with Crippen molar-refractivity contribution in [3.8, 4) is 22.6 Å². The van der Waals surface area contributed by atoms with Gasteiger partial charge in [0.2, 0.25) is 0 Å². The first-order valence-electron chi connectivity index (χ1n) is 6.61. The van der Waals surface area contributed by atoms with E-state index in [9.17, 15) is 0 Å². The lowest BCUT2D eigenvalue weighted by molar-refractivity contribution is 0.398. The van der Waals surface area contributed by atoms with E-state index in [0.717, 1.165) is 38.0 Å². The highest BCUT2D eigenvalue weighted by atomic mass is 79.9. The van der Waals surface area contributed by atoms with Crippen LogP contribution in [0, 0.1) is 0 Å². The van der Waals surface area contributed by atoms with Crippen molar-refractivity contribution in [1.82, 2.24) is 4.57 Å². The van der Waals surface area contributed by atoms with E-state index in [1.165, 1.54) is 0 Å². The number of rotatable bonds is 3. The number of nitrogens with zero attached hydrogens (tertiary/aromatic N) is 1. The van der Waals surface area contributed by atoms with Gasteiger partial charge in [-0.05, 0) is 17.7 Å². The maximum Gasteiger partial charge on any atom is 0.132 e. The van der Waals surface area contributed by atoms with Crippen LogP contribution in [-0.2, 0) is 7.05 Å². The second-order valence-electron chi connectivity index (χ2n) is 4.88. The fourth-order valence-electron chi connectivity index (χ4n) is 2.58. The van der Waals surface area contributed by atoms with Crippen LogP contribution in [0.15, 0.2) is 47.1 Å². The van der Waals surface area contributed by atoms with Crippen molar-refractivity contribution < 1.29 is 9.47 Å². The van der Waals surface area contributed by atoms with E-state index in [-0.39, 0.29) is 0 Å². The predicted octanol–water partition coefficient (Wildman–Crippen LogP) is 4.63. The van der Waals surface area contributed by atoms with Crippen LogP contribution in [0.25, 0.3) is 22.0 Å². The maximum absolute atomic E-state index is 5.57. The Bertz CT molecular complexity index is 791. The Morgan fingerprint density at radius 2 is 1.71 bits per heavy atom. The highest BCUT2D eigenvalue weighted by Crippen LogP contribution is 2.39. The monoisotopic (exact) mass is 345 g/mol. The van der Waals surface area contributed by atoms with Crippen molar-refractivity contribution in [2.24, 2.45) is 7.05 Å². The van der Waals surface area contributed by atoms with E-state index in [0.29, 0.717) is 0 Å². The molecule has 0 atom stereocenters. The molecule has 0 aliphatic heterocycles. The van der Waals surface area contributed by atoms with E-state index >= 15 is 0 Å². The van der Waals surface area contributed by atoms with E-state index < -0.39 is 0 Å². The van der Waals surface area contributed by atoms with Gasteiger partial charge in [0.05, 0.1) is 19.7 Å². The average Bonchev–Trinajstić information content (AvgIpc) is 2.84. The minimum absolute atomic E-state index is 0.794. The number of ether oxygens (including phenoxy) is 2. The molecule has 108 valence electrons. The fraction of sp³-hybridized carbons (Fsp3) is 0.176. The number of methoxy groups -OCH3 is 2. The molecular weight excluding hydrogens is 330 g/mol. The molecule has 3 aromatic rings. The molecule has 0 saturated carbocycles. The van der Waals surface area contributed by atoms with Crippen molar-refractivity contribution in [1.29, 1.82) is 0 Å². The third-order valence-electron chi connectivity index (χ3n) is 3.64. The summed E-state index contributed by atoms with van der Waals surface area (Å²) in [6.45, 7) is 0. The van der Waals surface area contributed by atoms with E-state index in [2.05, 4.69) is 38.8 Å². The summed E-state index contributed by atoms with van der Waals surface area (Å²) in [4.78, 5) is 0. The van der Waals surface area contributed by atoms with E-state index in [4.69, 9.17) is 9.47 Å². The Labute approximate surface area is 132 Å². The maximum atomic E-state index is 5.57. The van der Waals surface area contributed by atoms with Gasteiger partial charge in [-0.25, -0.2) is 0 Å². The lowest BCUT2D eigenvalue weighted by atomic mass is 10.0. The first kappa shape index (κ1) is 14.0. The quantitative estimate of drug-likeness (QED) is 0.691. The topological polar surface area (TPSA) is 23.4 Å². The molecule has 0 aliphatic carbocycles. The van der Waals surface area contributed by atoms with Crippen LogP contribution >= 0.6 is 15.9 Å². The number of hydrogen-bond acceptors (Lipinski definition) is 2. The molecule has 0 N–H and O–H groups in total. The zero-order valence-corrected chi connectivity index (χ0v) is 13.8. The van der Waals surface area contributed by atoms with Crippen molar-refractivity contribution in [2.45, 2.75) is 0 Å². The first-order valence-corrected chi connectivity index (χ1v) is 7.40. The molecule has 1 heterocycles. The Morgan fingerprint density at radius 1 is 1.00 bits per heavy atom. The van der Waals surface area contributed by atoms with Gasteiger partial charge in [0.15, 0.2) is 0 Å². The molecule has 4 heteroatoms. The van der Waals surface area contributed by atoms with E-state index in [1.807, 2.05) is 31.3 Å². The van der Waals surface area contributed by atoms with Crippen LogP contribution in [-0.4, -0.2) is 18.8 Å². The third-order valence-corrected chi connectivity index (χ3v) is 4.17. The second-order valence-corrected chi connectivity index (χ2v) is 5.80. The third kappa shape index (κ3) is 2.40. The predicted molar refractivity (Wildman–Crippen MR) is 89.2 cm³/mol. The fourth-order valence-corrected chi connectivity index (χ4v) is 2.84. The molecule has 0 fully saturated rings. The summed E-state index contributed by atoms with van der Waals surface area (Å²) in [5, 5.41) is 1.10. The molecular formula is C17H16BrNO2. The molecule has 1 aromatic heterocycles. The zero-order chi connectivity index (χ0) is 15.0. The van der Waals surface area contributed by atoms with Gasteiger partial charge in [-0.2, -0.15) is 0 Å². The summed E-state index contributed by atoms with van der Waals surface area (Å²) >= 11 is 3.47. The standard InChI is InChI=1S/C17H16BrNO2/c1-19-10-14(11-4-6-12(18)7-5-11)17-15(19)8-13(20-2)9-16(17)21-3/h4-10H,1-3H3. The number of halogens is 1. The Balaban J connectivity index is 2.31. The summed E-state index contributed by atoms with van der Waals surface area (Å²) in [7, 11) is 5.38.